The summed E-state index contributed by atoms with van der Waals surface area (Å²) in [6.45, 7) is 9.68. The third-order valence-corrected chi connectivity index (χ3v) is 4.50. The highest BCUT2D eigenvalue weighted by atomic mass is 15.0. The number of rotatable bonds is 2. The number of hydrogen-bond donors (Lipinski definition) is 2. The maximum Gasteiger partial charge on any atom is 0.00849 e. The van der Waals surface area contributed by atoms with E-state index in [9.17, 15) is 0 Å². The molecule has 2 saturated carbocycles. The molecular weight excluding hydrogens is 208 g/mol. The van der Waals surface area contributed by atoms with Crippen LogP contribution in [0.5, 0.6) is 0 Å². The Morgan fingerprint density at radius 1 is 0.941 bits per heavy atom. The van der Waals surface area contributed by atoms with Gasteiger partial charge in [0, 0.05) is 18.1 Å². The van der Waals surface area contributed by atoms with Crippen molar-refractivity contribution in [2.45, 2.75) is 84.3 Å². The molecule has 2 atom stereocenters. The van der Waals surface area contributed by atoms with Crippen molar-refractivity contribution in [3.05, 3.63) is 0 Å². The van der Waals surface area contributed by atoms with Crippen LogP contribution < -0.4 is 11.1 Å². The summed E-state index contributed by atoms with van der Waals surface area (Å²) in [5.41, 5.74) is 6.97. The zero-order valence-electron chi connectivity index (χ0n) is 12.1. The van der Waals surface area contributed by atoms with Crippen LogP contribution in [0, 0.1) is 10.8 Å². The summed E-state index contributed by atoms with van der Waals surface area (Å²) >= 11 is 0. The van der Waals surface area contributed by atoms with E-state index in [-0.39, 0.29) is 0 Å². The van der Waals surface area contributed by atoms with E-state index >= 15 is 0 Å². The lowest BCUT2D eigenvalue weighted by atomic mass is 9.63. The van der Waals surface area contributed by atoms with Gasteiger partial charge in [-0.3, -0.25) is 0 Å². The fourth-order valence-corrected chi connectivity index (χ4v) is 4.47. The van der Waals surface area contributed by atoms with Crippen LogP contribution in [0.25, 0.3) is 0 Å². The molecule has 0 aromatic carbocycles. The van der Waals surface area contributed by atoms with Gasteiger partial charge in [-0.1, -0.05) is 27.7 Å². The van der Waals surface area contributed by atoms with Gasteiger partial charge in [0.1, 0.15) is 0 Å². The molecule has 0 aliphatic heterocycles. The van der Waals surface area contributed by atoms with Gasteiger partial charge in [-0.25, -0.2) is 0 Å². The zero-order valence-corrected chi connectivity index (χ0v) is 12.1. The largest absolute Gasteiger partial charge is 0.328 e. The molecule has 0 heterocycles. The fraction of sp³-hybridized carbons (Fsp3) is 1.00. The Hall–Kier alpha value is -0.0800. The molecule has 0 amide bonds. The number of nitrogens with two attached hydrogens (primary N) is 1. The van der Waals surface area contributed by atoms with E-state index in [1.165, 1.54) is 38.5 Å². The average molecular weight is 238 g/mol. The van der Waals surface area contributed by atoms with Crippen LogP contribution in [0.2, 0.25) is 0 Å². The first-order valence-electron chi connectivity index (χ1n) is 7.27. The molecule has 2 aliphatic rings. The summed E-state index contributed by atoms with van der Waals surface area (Å²) in [5.74, 6) is 0. The molecule has 2 fully saturated rings. The average Bonchev–Trinajstić information content (AvgIpc) is 2.44. The maximum absolute atomic E-state index is 6.00. The van der Waals surface area contributed by atoms with Gasteiger partial charge in [0.15, 0.2) is 0 Å². The topological polar surface area (TPSA) is 38.0 Å². The molecule has 100 valence electrons. The molecule has 17 heavy (non-hydrogen) atoms. The van der Waals surface area contributed by atoms with Crippen LogP contribution in [0.3, 0.4) is 0 Å². The van der Waals surface area contributed by atoms with Gasteiger partial charge < -0.3 is 11.1 Å². The summed E-state index contributed by atoms with van der Waals surface area (Å²) in [7, 11) is 0. The standard InChI is InChI=1S/C15H30N2/c1-14(2)8-13(9-15(3,4)10-14)17-12-6-5-11(16)7-12/h11-13,17H,5-10,16H2,1-4H3. The molecule has 0 radical (unpaired) electrons. The van der Waals surface area contributed by atoms with Gasteiger partial charge in [0.2, 0.25) is 0 Å². The van der Waals surface area contributed by atoms with Crippen molar-refractivity contribution in [1.29, 1.82) is 0 Å². The molecule has 0 aromatic rings. The fourth-order valence-electron chi connectivity index (χ4n) is 4.47. The summed E-state index contributed by atoms with van der Waals surface area (Å²) in [6.07, 6.45) is 7.65. The van der Waals surface area contributed by atoms with Crippen molar-refractivity contribution in [1.82, 2.24) is 5.32 Å². The smallest absolute Gasteiger partial charge is 0.00849 e. The quantitative estimate of drug-likeness (QED) is 0.776. The molecule has 2 unspecified atom stereocenters. The van der Waals surface area contributed by atoms with Crippen molar-refractivity contribution in [2.24, 2.45) is 16.6 Å². The number of hydrogen-bond acceptors (Lipinski definition) is 2. The second-order valence-corrected chi connectivity index (χ2v) is 8.05. The van der Waals surface area contributed by atoms with Crippen LogP contribution in [0.15, 0.2) is 0 Å². The lowest BCUT2D eigenvalue weighted by Gasteiger charge is -2.46. The van der Waals surface area contributed by atoms with E-state index in [0.717, 1.165) is 0 Å². The first-order chi connectivity index (χ1) is 7.76. The summed E-state index contributed by atoms with van der Waals surface area (Å²) in [4.78, 5) is 0. The molecule has 0 saturated heterocycles. The van der Waals surface area contributed by atoms with Gasteiger partial charge in [-0.2, -0.15) is 0 Å². The van der Waals surface area contributed by atoms with E-state index < -0.39 is 0 Å². The van der Waals surface area contributed by atoms with Crippen molar-refractivity contribution in [3.63, 3.8) is 0 Å². The molecule has 0 aromatic heterocycles. The Morgan fingerprint density at radius 2 is 1.53 bits per heavy atom. The molecule has 0 spiro atoms. The van der Waals surface area contributed by atoms with Crippen LogP contribution in [-0.2, 0) is 0 Å². The molecule has 3 N–H and O–H groups in total. The van der Waals surface area contributed by atoms with Crippen LogP contribution in [0.1, 0.15) is 66.2 Å². The molecule has 0 bridgehead atoms. The number of nitrogens with one attached hydrogen (secondary N) is 1. The molecule has 2 heteroatoms. The minimum atomic E-state index is 0.442. The summed E-state index contributed by atoms with van der Waals surface area (Å²) < 4.78 is 0. The van der Waals surface area contributed by atoms with E-state index in [4.69, 9.17) is 5.73 Å². The van der Waals surface area contributed by atoms with E-state index in [1.807, 2.05) is 0 Å². The Kier molecular flexibility index (Phi) is 3.57. The maximum atomic E-state index is 6.00. The third-order valence-electron chi connectivity index (χ3n) is 4.50. The lowest BCUT2D eigenvalue weighted by molar-refractivity contribution is 0.0805. The highest BCUT2D eigenvalue weighted by Crippen LogP contribution is 2.45. The van der Waals surface area contributed by atoms with Crippen LogP contribution in [0.4, 0.5) is 0 Å². The van der Waals surface area contributed by atoms with Crippen molar-refractivity contribution >= 4 is 0 Å². The predicted octanol–water partition coefficient (Wildman–Crippen LogP) is 3.06. The van der Waals surface area contributed by atoms with E-state index in [1.54, 1.807) is 0 Å². The Labute approximate surface area is 107 Å². The van der Waals surface area contributed by atoms with Crippen molar-refractivity contribution < 1.29 is 0 Å². The van der Waals surface area contributed by atoms with E-state index in [2.05, 4.69) is 33.0 Å². The minimum Gasteiger partial charge on any atom is -0.328 e. The molecule has 2 rings (SSSR count). The second-order valence-electron chi connectivity index (χ2n) is 8.05. The van der Waals surface area contributed by atoms with Crippen molar-refractivity contribution in [3.8, 4) is 0 Å². The lowest BCUT2D eigenvalue weighted by Crippen LogP contribution is -2.47. The van der Waals surface area contributed by atoms with Gasteiger partial charge in [-0.05, 0) is 49.4 Å². The van der Waals surface area contributed by atoms with Crippen LogP contribution >= 0.6 is 0 Å². The molecular formula is C15H30N2. The highest BCUT2D eigenvalue weighted by Gasteiger charge is 2.39. The Balaban J connectivity index is 1.92. The van der Waals surface area contributed by atoms with Gasteiger partial charge in [0.05, 0.1) is 0 Å². The first kappa shape index (κ1) is 13.4. The third kappa shape index (κ3) is 3.69. The van der Waals surface area contributed by atoms with Crippen molar-refractivity contribution in [2.75, 3.05) is 0 Å². The summed E-state index contributed by atoms with van der Waals surface area (Å²) in [6, 6.07) is 1.82. The van der Waals surface area contributed by atoms with Crippen LogP contribution in [-0.4, -0.2) is 18.1 Å². The SMILES string of the molecule is CC1(C)CC(NC2CCC(N)C2)CC(C)(C)C1. The van der Waals surface area contributed by atoms with Gasteiger partial charge >= 0.3 is 0 Å². The zero-order chi connectivity index (χ0) is 12.7. The predicted molar refractivity (Wildman–Crippen MR) is 74.0 cm³/mol. The molecule has 2 aliphatic carbocycles. The Bertz CT molecular complexity index is 254. The highest BCUT2D eigenvalue weighted by molar-refractivity contribution is 4.94. The van der Waals surface area contributed by atoms with E-state index in [0.29, 0.717) is 29.0 Å². The van der Waals surface area contributed by atoms with Gasteiger partial charge in [-0.15, -0.1) is 0 Å². The molecule has 2 nitrogen and oxygen atoms in total. The van der Waals surface area contributed by atoms with Gasteiger partial charge in [0.25, 0.3) is 0 Å². The Morgan fingerprint density at radius 3 is 2.00 bits per heavy atom. The monoisotopic (exact) mass is 238 g/mol. The normalized spacial score (nSPS) is 37.2. The second kappa shape index (κ2) is 4.55. The first-order valence-corrected chi connectivity index (χ1v) is 7.27. The minimum absolute atomic E-state index is 0.442. The summed E-state index contributed by atoms with van der Waals surface area (Å²) in [5, 5.41) is 3.88.